The molecule has 2 heterocycles. The number of para-hydroxylation sites is 1. The lowest BCUT2D eigenvalue weighted by molar-refractivity contribution is -0.274. The van der Waals surface area contributed by atoms with Gasteiger partial charge in [-0.15, -0.1) is 13.2 Å². The number of benzene rings is 2. The summed E-state index contributed by atoms with van der Waals surface area (Å²) in [6.45, 7) is 7.19. The van der Waals surface area contributed by atoms with E-state index < -0.39 is 58.5 Å². The third-order valence-electron chi connectivity index (χ3n) is 10.4. The number of esters is 1. The molecule has 0 radical (unpaired) electrons. The Balaban J connectivity index is 1.33. The number of nitrogens with zero attached hydrogens (tertiary/aromatic N) is 2. The maximum atomic E-state index is 14.8. The van der Waals surface area contributed by atoms with E-state index in [1.165, 1.54) is 18.2 Å². The molecule has 1 atom stereocenters. The maximum Gasteiger partial charge on any atom is 0.573 e. The summed E-state index contributed by atoms with van der Waals surface area (Å²) >= 11 is 3.48. The molecule has 4 aliphatic carbocycles. The van der Waals surface area contributed by atoms with Gasteiger partial charge in [0.05, 0.1) is 41.6 Å². The van der Waals surface area contributed by atoms with Crippen LogP contribution in [0.1, 0.15) is 74.4 Å². The second kappa shape index (κ2) is 11.9. The zero-order valence-electron chi connectivity index (χ0n) is 28.5. The van der Waals surface area contributed by atoms with Crippen molar-refractivity contribution in [1.29, 1.82) is 0 Å². The lowest BCUT2D eigenvalue weighted by atomic mass is 9.57. The molecule has 2 saturated carbocycles. The summed E-state index contributed by atoms with van der Waals surface area (Å²) < 4.78 is 86.3. The summed E-state index contributed by atoms with van der Waals surface area (Å²) in [5.41, 5.74) is -3.16. The molecular formula is C37H37BrF5N3O5. The van der Waals surface area contributed by atoms with Crippen molar-refractivity contribution in [3.63, 3.8) is 0 Å². The number of anilines is 1. The highest BCUT2D eigenvalue weighted by Gasteiger charge is 2.74. The normalized spacial score (nSPS) is 26.9. The molecule has 272 valence electrons. The number of rotatable bonds is 6. The molecule has 2 bridgehead atoms. The van der Waals surface area contributed by atoms with Gasteiger partial charge in [-0.3, -0.25) is 9.59 Å². The van der Waals surface area contributed by atoms with Crippen LogP contribution < -0.4 is 15.0 Å². The van der Waals surface area contributed by atoms with E-state index in [2.05, 4.69) is 26.0 Å². The molecule has 1 saturated heterocycles. The highest BCUT2D eigenvalue weighted by atomic mass is 79.9. The van der Waals surface area contributed by atoms with Gasteiger partial charge in [-0.2, -0.15) is 0 Å². The summed E-state index contributed by atoms with van der Waals surface area (Å²) in [6, 6.07) is 10.9. The van der Waals surface area contributed by atoms with E-state index in [0.29, 0.717) is 32.3 Å². The molecule has 1 aromatic heterocycles. The molecule has 1 N–H and O–H groups in total. The standard InChI is InChI=1S/C37H37BrF5N3O5/c1-21-28(24-17-22(38)9-10-26(24)44-29(21)46-15-16-49-35(20-46)19-36(35,39)40)30(47)45-34-13-11-33(12-14-34,31(48)51-32(2,3)4)18-25(34)23-7-5-6-8-27(23)50-37(41,42)43/h5-10,17-18H,11-16,19-20H2,1-4H3,(H,45,47). The lowest BCUT2D eigenvalue weighted by Crippen LogP contribution is -2.58. The van der Waals surface area contributed by atoms with E-state index in [0.717, 1.165) is 0 Å². The zero-order chi connectivity index (χ0) is 36.8. The van der Waals surface area contributed by atoms with Crippen molar-refractivity contribution in [2.75, 3.05) is 24.6 Å². The first-order valence-electron chi connectivity index (χ1n) is 16.8. The van der Waals surface area contributed by atoms with Crippen molar-refractivity contribution in [2.24, 2.45) is 5.41 Å². The number of halogens is 6. The second-order valence-electron chi connectivity index (χ2n) is 15.0. The van der Waals surface area contributed by atoms with E-state index in [1.807, 2.05) is 0 Å². The van der Waals surface area contributed by atoms with Gasteiger partial charge in [0, 0.05) is 27.5 Å². The molecule has 1 amide bonds. The molecule has 5 aliphatic rings. The molecule has 3 aromatic rings. The van der Waals surface area contributed by atoms with Gasteiger partial charge in [0.2, 0.25) is 0 Å². The molecular weight excluding hydrogens is 741 g/mol. The molecule has 14 heteroatoms. The fourth-order valence-electron chi connectivity index (χ4n) is 7.83. The van der Waals surface area contributed by atoms with E-state index in [-0.39, 0.29) is 56.5 Å². The fourth-order valence-corrected chi connectivity index (χ4v) is 8.19. The topological polar surface area (TPSA) is 90.0 Å². The van der Waals surface area contributed by atoms with Crippen LogP contribution in [0.3, 0.4) is 0 Å². The minimum Gasteiger partial charge on any atom is -0.459 e. The second-order valence-corrected chi connectivity index (χ2v) is 16.0. The molecule has 51 heavy (non-hydrogen) atoms. The number of morpholine rings is 1. The predicted molar refractivity (Wildman–Crippen MR) is 183 cm³/mol. The summed E-state index contributed by atoms with van der Waals surface area (Å²) in [4.78, 5) is 35.0. The SMILES string of the molecule is Cc1c(N2CCOC3(C2)CC3(F)F)nc2ccc(Br)cc2c1C(=O)NC12CCC(C(=O)OC(C)(C)C)(C=C1c1ccccc1OC(F)(F)F)CC2. The molecule has 1 aliphatic heterocycles. The summed E-state index contributed by atoms with van der Waals surface area (Å²) in [5, 5.41) is 3.70. The third kappa shape index (κ3) is 6.36. The number of ether oxygens (including phenoxy) is 3. The van der Waals surface area contributed by atoms with Gasteiger partial charge in [-0.1, -0.05) is 40.2 Å². The number of hydrogen-bond donors (Lipinski definition) is 1. The van der Waals surface area contributed by atoms with Gasteiger partial charge >= 0.3 is 12.3 Å². The first-order chi connectivity index (χ1) is 23.8. The number of aromatic nitrogens is 1. The Hall–Kier alpha value is -3.78. The van der Waals surface area contributed by atoms with Gasteiger partial charge < -0.3 is 24.4 Å². The van der Waals surface area contributed by atoms with E-state index in [4.69, 9.17) is 14.5 Å². The van der Waals surface area contributed by atoms with Crippen LogP contribution >= 0.6 is 15.9 Å². The number of pyridine rings is 1. The summed E-state index contributed by atoms with van der Waals surface area (Å²) in [5.74, 6) is -4.08. The molecule has 8 nitrogen and oxygen atoms in total. The van der Waals surface area contributed by atoms with Crippen LogP contribution in [0.15, 0.2) is 53.0 Å². The molecule has 2 aromatic carbocycles. The first kappa shape index (κ1) is 35.6. The maximum absolute atomic E-state index is 14.8. The summed E-state index contributed by atoms with van der Waals surface area (Å²) in [7, 11) is 0. The molecule has 1 spiro atoms. The smallest absolute Gasteiger partial charge is 0.459 e. The number of fused-ring (bicyclic) bond motifs is 3. The van der Waals surface area contributed by atoms with Crippen molar-refractivity contribution in [1.82, 2.24) is 10.3 Å². The van der Waals surface area contributed by atoms with Crippen LogP contribution in [0.2, 0.25) is 0 Å². The highest BCUT2D eigenvalue weighted by molar-refractivity contribution is 9.10. The number of nitrogens with one attached hydrogen (secondary N) is 1. The quantitative estimate of drug-likeness (QED) is 0.199. The molecule has 8 rings (SSSR count). The Morgan fingerprint density at radius 1 is 1.04 bits per heavy atom. The van der Waals surface area contributed by atoms with Crippen LogP contribution in [0.5, 0.6) is 5.75 Å². The van der Waals surface area contributed by atoms with E-state index >= 15 is 0 Å². The number of alkyl halides is 5. The van der Waals surface area contributed by atoms with Gasteiger partial charge in [0.15, 0.2) is 5.60 Å². The molecule has 3 fully saturated rings. The number of amides is 1. The first-order valence-corrected chi connectivity index (χ1v) is 17.6. The Morgan fingerprint density at radius 3 is 2.37 bits per heavy atom. The van der Waals surface area contributed by atoms with Crippen molar-refractivity contribution in [3.05, 3.63) is 69.7 Å². The number of carbonyl (C=O) groups excluding carboxylic acids is 2. The average molecular weight is 779 g/mol. The highest BCUT2D eigenvalue weighted by Crippen LogP contribution is 2.58. The minimum atomic E-state index is -5.00. The fraction of sp³-hybridized carbons (Fsp3) is 0.486. The lowest BCUT2D eigenvalue weighted by Gasteiger charge is -2.52. The van der Waals surface area contributed by atoms with Crippen LogP contribution in [0.25, 0.3) is 16.5 Å². The monoisotopic (exact) mass is 777 g/mol. The number of carbonyl (C=O) groups is 2. The van der Waals surface area contributed by atoms with Crippen LogP contribution in [0, 0.1) is 12.3 Å². The van der Waals surface area contributed by atoms with E-state index in [1.54, 1.807) is 62.9 Å². The van der Waals surface area contributed by atoms with Crippen LogP contribution in [0.4, 0.5) is 27.8 Å². The van der Waals surface area contributed by atoms with Crippen LogP contribution in [-0.4, -0.2) is 65.6 Å². The van der Waals surface area contributed by atoms with Gasteiger partial charge in [-0.05, 0) is 83.2 Å². The predicted octanol–water partition coefficient (Wildman–Crippen LogP) is 8.29. The van der Waals surface area contributed by atoms with Crippen molar-refractivity contribution < 1.29 is 45.8 Å². The Kier molecular flexibility index (Phi) is 8.29. The average Bonchev–Trinajstić information content (AvgIpc) is 3.56. The van der Waals surface area contributed by atoms with E-state index in [9.17, 15) is 31.5 Å². The van der Waals surface area contributed by atoms with Gasteiger partial charge in [0.25, 0.3) is 11.8 Å². The summed E-state index contributed by atoms with van der Waals surface area (Å²) in [6.07, 6.45) is -2.73. The van der Waals surface area contributed by atoms with Gasteiger partial charge in [-0.25, -0.2) is 13.8 Å². The zero-order valence-corrected chi connectivity index (χ0v) is 30.1. The Labute approximate surface area is 299 Å². The Morgan fingerprint density at radius 2 is 1.73 bits per heavy atom. The van der Waals surface area contributed by atoms with Crippen LogP contribution in [-0.2, 0) is 14.3 Å². The van der Waals surface area contributed by atoms with Gasteiger partial charge in [0.1, 0.15) is 17.2 Å². The minimum absolute atomic E-state index is 0.0622. The Bertz CT molecular complexity index is 1970. The number of hydrogen-bond acceptors (Lipinski definition) is 7. The van der Waals surface area contributed by atoms with Crippen molar-refractivity contribution in [2.45, 2.75) is 88.8 Å². The molecule has 1 unspecified atom stereocenters. The van der Waals surface area contributed by atoms with Crippen molar-refractivity contribution >= 4 is 50.1 Å². The third-order valence-corrected chi connectivity index (χ3v) is 10.9. The largest absolute Gasteiger partial charge is 0.573 e. The van der Waals surface area contributed by atoms with Crippen molar-refractivity contribution in [3.8, 4) is 5.75 Å².